The Morgan fingerprint density at radius 1 is 1.52 bits per heavy atom. The summed E-state index contributed by atoms with van der Waals surface area (Å²) < 4.78 is 4.97. The SMILES string of the molecule is CCCC(CC)/C1=C/C=NCC(C(=O)OCC)C(O)NN1. The van der Waals surface area contributed by atoms with Crippen LogP contribution >= 0.6 is 0 Å². The van der Waals surface area contributed by atoms with Gasteiger partial charge >= 0.3 is 5.97 Å². The van der Waals surface area contributed by atoms with Gasteiger partial charge < -0.3 is 15.3 Å². The second-order valence-electron chi connectivity index (χ2n) is 5.10. The first-order valence-electron chi connectivity index (χ1n) is 7.70. The number of allylic oxidation sites excluding steroid dienone is 2. The van der Waals surface area contributed by atoms with E-state index in [1.54, 1.807) is 13.1 Å². The van der Waals surface area contributed by atoms with Crippen molar-refractivity contribution >= 4 is 12.2 Å². The molecule has 3 atom stereocenters. The summed E-state index contributed by atoms with van der Waals surface area (Å²) in [6.07, 6.45) is 5.69. The summed E-state index contributed by atoms with van der Waals surface area (Å²) in [6, 6.07) is 0. The van der Waals surface area contributed by atoms with Crippen LogP contribution in [0.25, 0.3) is 0 Å². The van der Waals surface area contributed by atoms with Gasteiger partial charge in [0.25, 0.3) is 0 Å². The maximum atomic E-state index is 11.8. The van der Waals surface area contributed by atoms with Crippen molar-refractivity contribution < 1.29 is 14.6 Å². The van der Waals surface area contributed by atoms with Crippen LogP contribution in [-0.2, 0) is 9.53 Å². The van der Waals surface area contributed by atoms with Crippen LogP contribution in [0, 0.1) is 11.8 Å². The van der Waals surface area contributed by atoms with Gasteiger partial charge in [0.2, 0.25) is 0 Å². The van der Waals surface area contributed by atoms with E-state index in [1.165, 1.54) is 0 Å². The topological polar surface area (TPSA) is 83.0 Å². The molecule has 0 aromatic carbocycles. The van der Waals surface area contributed by atoms with E-state index in [0.29, 0.717) is 5.92 Å². The fourth-order valence-corrected chi connectivity index (χ4v) is 2.33. The van der Waals surface area contributed by atoms with E-state index in [1.807, 2.05) is 6.08 Å². The molecule has 3 N–H and O–H groups in total. The Morgan fingerprint density at radius 3 is 2.90 bits per heavy atom. The smallest absolute Gasteiger partial charge is 0.314 e. The molecule has 6 heteroatoms. The zero-order valence-electron chi connectivity index (χ0n) is 13.1. The number of carbonyl (C=O) groups excluding carboxylic acids is 1. The van der Waals surface area contributed by atoms with Crippen molar-refractivity contribution in [3.8, 4) is 0 Å². The first-order valence-corrected chi connectivity index (χ1v) is 7.70. The summed E-state index contributed by atoms with van der Waals surface area (Å²) in [4.78, 5) is 16.0. The standard InChI is InChI=1S/C15H27N3O3/c1-4-7-11(5-2)13-8-9-16-10-12(14(19)18-17-13)15(20)21-6-3/h8-9,11-12,14,17-19H,4-7,10H2,1-3H3/b13-8-,16-9?. The van der Waals surface area contributed by atoms with Crippen molar-refractivity contribution in [1.29, 1.82) is 0 Å². The average molecular weight is 297 g/mol. The van der Waals surface area contributed by atoms with Gasteiger partial charge in [0.15, 0.2) is 0 Å². The highest BCUT2D eigenvalue weighted by Gasteiger charge is 2.28. The molecule has 0 spiro atoms. The van der Waals surface area contributed by atoms with Gasteiger partial charge in [0.1, 0.15) is 12.1 Å². The Labute approximate surface area is 126 Å². The minimum absolute atomic E-state index is 0.197. The van der Waals surface area contributed by atoms with E-state index in [4.69, 9.17) is 4.74 Å². The van der Waals surface area contributed by atoms with E-state index in [9.17, 15) is 9.90 Å². The predicted octanol–water partition coefficient (Wildman–Crippen LogP) is 1.37. The van der Waals surface area contributed by atoms with Gasteiger partial charge in [-0.25, -0.2) is 5.43 Å². The van der Waals surface area contributed by atoms with Crippen molar-refractivity contribution in [1.82, 2.24) is 10.9 Å². The third kappa shape index (κ3) is 5.47. The monoisotopic (exact) mass is 297 g/mol. The van der Waals surface area contributed by atoms with Crippen LogP contribution in [-0.4, -0.2) is 36.7 Å². The normalized spacial score (nSPS) is 26.6. The molecule has 0 fully saturated rings. The molecular formula is C15H27N3O3. The summed E-state index contributed by atoms with van der Waals surface area (Å²) in [5.41, 5.74) is 6.81. The number of rotatable bonds is 6. The number of aliphatic hydroxyl groups excluding tert-OH is 1. The highest BCUT2D eigenvalue weighted by molar-refractivity contribution is 5.75. The molecule has 0 bridgehead atoms. The summed E-state index contributed by atoms with van der Waals surface area (Å²) in [5, 5.41) is 10.1. The molecule has 0 aliphatic carbocycles. The molecule has 0 aromatic heterocycles. The largest absolute Gasteiger partial charge is 0.466 e. The van der Waals surface area contributed by atoms with Crippen LogP contribution in [0.4, 0.5) is 0 Å². The quantitative estimate of drug-likeness (QED) is 0.645. The molecule has 1 aliphatic heterocycles. The molecule has 1 heterocycles. The van der Waals surface area contributed by atoms with Crippen LogP contribution in [0.1, 0.15) is 40.0 Å². The zero-order valence-corrected chi connectivity index (χ0v) is 13.1. The van der Waals surface area contributed by atoms with Gasteiger partial charge in [-0.2, -0.15) is 0 Å². The molecule has 1 rings (SSSR count). The van der Waals surface area contributed by atoms with Crippen LogP contribution < -0.4 is 10.9 Å². The zero-order chi connectivity index (χ0) is 15.7. The number of esters is 1. The minimum atomic E-state index is -1.04. The Kier molecular flexibility index (Phi) is 8.00. The van der Waals surface area contributed by atoms with Gasteiger partial charge in [-0.05, 0) is 31.8 Å². The number of ether oxygens (including phenoxy) is 1. The molecule has 3 unspecified atom stereocenters. The van der Waals surface area contributed by atoms with Crippen molar-refractivity contribution in [3.05, 3.63) is 11.8 Å². The van der Waals surface area contributed by atoms with Gasteiger partial charge in [-0.1, -0.05) is 20.3 Å². The molecule has 0 saturated carbocycles. The van der Waals surface area contributed by atoms with Crippen LogP contribution in [0.3, 0.4) is 0 Å². The number of aliphatic hydroxyl groups is 1. The maximum Gasteiger partial charge on any atom is 0.314 e. The van der Waals surface area contributed by atoms with Gasteiger partial charge in [0.05, 0.1) is 13.2 Å². The lowest BCUT2D eigenvalue weighted by molar-refractivity contribution is -0.152. The average Bonchev–Trinajstić information content (AvgIpc) is 2.56. The molecule has 0 amide bonds. The number of hydrogen-bond acceptors (Lipinski definition) is 6. The number of hydrogen-bond donors (Lipinski definition) is 3. The van der Waals surface area contributed by atoms with E-state index < -0.39 is 18.1 Å². The molecule has 0 saturated heterocycles. The molecule has 21 heavy (non-hydrogen) atoms. The van der Waals surface area contributed by atoms with Crippen LogP contribution in [0.5, 0.6) is 0 Å². The molecule has 0 aromatic rings. The van der Waals surface area contributed by atoms with Gasteiger partial charge in [0, 0.05) is 11.9 Å². The molecule has 6 nitrogen and oxygen atoms in total. The lowest BCUT2D eigenvalue weighted by Gasteiger charge is -2.24. The van der Waals surface area contributed by atoms with Gasteiger partial charge in [-0.3, -0.25) is 9.79 Å². The molecule has 120 valence electrons. The van der Waals surface area contributed by atoms with Crippen molar-refractivity contribution in [2.45, 2.75) is 46.3 Å². The Balaban J connectivity index is 2.75. The van der Waals surface area contributed by atoms with Gasteiger partial charge in [-0.15, -0.1) is 0 Å². The van der Waals surface area contributed by atoms with E-state index in [0.717, 1.165) is 25.0 Å². The maximum absolute atomic E-state index is 11.8. The fraction of sp³-hybridized carbons (Fsp3) is 0.733. The minimum Gasteiger partial charge on any atom is -0.466 e. The summed E-state index contributed by atoms with van der Waals surface area (Å²) in [7, 11) is 0. The third-order valence-electron chi connectivity index (χ3n) is 3.57. The number of nitrogens with one attached hydrogen (secondary N) is 2. The Hall–Kier alpha value is -1.40. The van der Waals surface area contributed by atoms with Crippen molar-refractivity contribution in [3.63, 3.8) is 0 Å². The number of carbonyl (C=O) groups is 1. The first kappa shape index (κ1) is 17.7. The van der Waals surface area contributed by atoms with Crippen molar-refractivity contribution in [2.75, 3.05) is 13.2 Å². The highest BCUT2D eigenvalue weighted by Crippen LogP contribution is 2.18. The second kappa shape index (κ2) is 9.52. The Bertz CT molecular complexity index is 382. The van der Waals surface area contributed by atoms with Crippen LogP contribution in [0.15, 0.2) is 16.8 Å². The summed E-state index contributed by atoms with van der Waals surface area (Å²) in [5.74, 6) is -0.784. The van der Waals surface area contributed by atoms with E-state index in [2.05, 4.69) is 29.7 Å². The predicted molar refractivity (Wildman–Crippen MR) is 82.5 cm³/mol. The number of aliphatic imine (C=N–C) groups is 1. The summed E-state index contributed by atoms with van der Waals surface area (Å²) >= 11 is 0. The Morgan fingerprint density at radius 2 is 2.29 bits per heavy atom. The number of hydrazine groups is 1. The van der Waals surface area contributed by atoms with Crippen LogP contribution in [0.2, 0.25) is 0 Å². The van der Waals surface area contributed by atoms with E-state index in [-0.39, 0.29) is 13.2 Å². The second-order valence-corrected chi connectivity index (χ2v) is 5.10. The third-order valence-corrected chi connectivity index (χ3v) is 3.57. The first-order chi connectivity index (χ1) is 10.1. The van der Waals surface area contributed by atoms with E-state index >= 15 is 0 Å². The molecular weight excluding hydrogens is 270 g/mol. The highest BCUT2D eigenvalue weighted by atomic mass is 16.5. The van der Waals surface area contributed by atoms with Crippen molar-refractivity contribution in [2.24, 2.45) is 16.8 Å². The summed E-state index contributed by atoms with van der Waals surface area (Å²) in [6.45, 7) is 6.50. The molecule has 0 radical (unpaired) electrons. The number of nitrogens with zero attached hydrogens (tertiary/aromatic N) is 1. The lowest BCUT2D eigenvalue weighted by Crippen LogP contribution is -2.48. The lowest BCUT2D eigenvalue weighted by atomic mass is 9.97. The molecule has 1 aliphatic rings. The fourth-order valence-electron chi connectivity index (χ4n) is 2.33.